The van der Waals surface area contributed by atoms with Crippen molar-refractivity contribution >= 4 is 15.9 Å². The van der Waals surface area contributed by atoms with Crippen LogP contribution in [0.15, 0.2) is 22.8 Å². The number of aromatic nitrogens is 1. The fourth-order valence-electron chi connectivity index (χ4n) is 0.963. The van der Waals surface area contributed by atoms with Crippen LogP contribution in [0.5, 0.6) is 0 Å². The molecule has 0 spiro atoms. The van der Waals surface area contributed by atoms with Gasteiger partial charge in [0.25, 0.3) is 0 Å². The monoisotopic (exact) mass is 229 g/mol. The minimum absolute atomic E-state index is 0.0862. The van der Waals surface area contributed by atoms with Crippen LogP contribution in [-0.4, -0.2) is 11.6 Å². The number of rotatable bonds is 3. The maximum absolute atomic E-state index is 5.39. The summed E-state index contributed by atoms with van der Waals surface area (Å²) in [4.78, 5) is 4.22. The van der Waals surface area contributed by atoms with Crippen LogP contribution in [0.1, 0.15) is 25.6 Å². The number of halogens is 1. The third kappa shape index (κ3) is 2.57. The highest BCUT2D eigenvalue weighted by Gasteiger charge is 2.04. The lowest BCUT2D eigenvalue weighted by atomic mass is 10.2. The van der Waals surface area contributed by atoms with E-state index >= 15 is 0 Å². The Kier molecular flexibility index (Phi) is 3.69. The quantitative estimate of drug-likeness (QED) is 0.796. The molecule has 0 N–H and O–H groups in total. The van der Waals surface area contributed by atoms with E-state index in [1.807, 2.05) is 26.0 Å². The van der Waals surface area contributed by atoms with Gasteiger partial charge >= 0.3 is 0 Å². The van der Waals surface area contributed by atoms with Crippen molar-refractivity contribution in [3.8, 4) is 0 Å². The van der Waals surface area contributed by atoms with E-state index in [2.05, 4.69) is 20.9 Å². The summed E-state index contributed by atoms with van der Waals surface area (Å²) in [5, 5.41) is 0. The van der Waals surface area contributed by atoms with Gasteiger partial charge in [0.1, 0.15) is 0 Å². The molecule has 1 rings (SSSR count). The zero-order chi connectivity index (χ0) is 8.97. The Morgan fingerprint density at radius 3 is 2.83 bits per heavy atom. The van der Waals surface area contributed by atoms with E-state index in [0.29, 0.717) is 0 Å². The molecule has 0 aliphatic rings. The molecule has 0 saturated carbocycles. The first-order valence-corrected chi connectivity index (χ1v) is 4.76. The van der Waals surface area contributed by atoms with E-state index in [1.54, 1.807) is 6.20 Å². The lowest BCUT2D eigenvalue weighted by Gasteiger charge is -2.09. The molecule has 2 nitrogen and oxygen atoms in total. The van der Waals surface area contributed by atoms with Crippen molar-refractivity contribution in [1.82, 2.24) is 4.98 Å². The normalized spacial score (nSPS) is 12.9. The Morgan fingerprint density at radius 2 is 2.33 bits per heavy atom. The number of nitrogens with zero attached hydrogens (tertiary/aromatic N) is 1. The van der Waals surface area contributed by atoms with Crippen LogP contribution < -0.4 is 0 Å². The van der Waals surface area contributed by atoms with E-state index < -0.39 is 0 Å². The first-order valence-electron chi connectivity index (χ1n) is 3.97. The molecule has 12 heavy (non-hydrogen) atoms. The highest BCUT2D eigenvalue weighted by molar-refractivity contribution is 9.10. The first-order chi connectivity index (χ1) is 5.74. The fraction of sp³-hybridized carbons (Fsp3) is 0.444. The fourth-order valence-corrected chi connectivity index (χ4v) is 1.20. The number of hydrogen-bond donors (Lipinski definition) is 0. The topological polar surface area (TPSA) is 22.1 Å². The van der Waals surface area contributed by atoms with Crippen molar-refractivity contribution in [2.24, 2.45) is 0 Å². The summed E-state index contributed by atoms with van der Waals surface area (Å²) in [6.45, 7) is 4.70. The molecule has 0 aliphatic heterocycles. The van der Waals surface area contributed by atoms with E-state index in [4.69, 9.17) is 4.74 Å². The largest absolute Gasteiger partial charge is 0.373 e. The second-order valence-electron chi connectivity index (χ2n) is 2.50. The number of ether oxygens (including phenoxy) is 1. The van der Waals surface area contributed by atoms with Crippen molar-refractivity contribution in [2.75, 3.05) is 6.61 Å². The summed E-state index contributed by atoms with van der Waals surface area (Å²) in [6, 6.07) is 3.93. The molecule has 0 fully saturated rings. The third-order valence-corrected chi connectivity index (χ3v) is 2.05. The molecule has 1 aromatic heterocycles. The van der Waals surface area contributed by atoms with Crippen LogP contribution in [-0.2, 0) is 4.74 Å². The predicted octanol–water partition coefficient (Wildman–Crippen LogP) is 2.94. The van der Waals surface area contributed by atoms with Crippen molar-refractivity contribution in [2.45, 2.75) is 20.0 Å². The molecular formula is C9H12BrNO. The molecule has 0 saturated heterocycles. The summed E-state index contributed by atoms with van der Waals surface area (Å²) in [6.07, 6.45) is 1.87. The van der Waals surface area contributed by atoms with Crippen molar-refractivity contribution < 1.29 is 4.74 Å². The zero-order valence-corrected chi connectivity index (χ0v) is 8.84. The van der Waals surface area contributed by atoms with Gasteiger partial charge in [-0.1, -0.05) is 0 Å². The molecule has 0 amide bonds. The maximum atomic E-state index is 5.39. The minimum Gasteiger partial charge on any atom is -0.373 e. The maximum Gasteiger partial charge on any atom is 0.0966 e. The van der Waals surface area contributed by atoms with Crippen molar-refractivity contribution in [1.29, 1.82) is 0 Å². The standard InChI is InChI=1S/C9H12BrNO/c1-3-12-7(2)9-5-4-8(10)6-11-9/h4-7H,3H2,1-2H3. The second-order valence-corrected chi connectivity index (χ2v) is 3.41. The van der Waals surface area contributed by atoms with Gasteiger partial charge in [-0.25, -0.2) is 0 Å². The number of pyridine rings is 1. The van der Waals surface area contributed by atoms with Crippen LogP contribution in [0.2, 0.25) is 0 Å². The molecule has 0 bridgehead atoms. The lowest BCUT2D eigenvalue weighted by molar-refractivity contribution is 0.0733. The Bertz CT molecular complexity index is 235. The lowest BCUT2D eigenvalue weighted by Crippen LogP contribution is -2.01. The van der Waals surface area contributed by atoms with Gasteiger partial charge in [-0.05, 0) is 41.9 Å². The van der Waals surface area contributed by atoms with Crippen LogP contribution in [0.4, 0.5) is 0 Å². The number of hydrogen-bond acceptors (Lipinski definition) is 2. The molecular weight excluding hydrogens is 218 g/mol. The molecule has 3 heteroatoms. The van der Waals surface area contributed by atoms with Crippen LogP contribution >= 0.6 is 15.9 Å². The SMILES string of the molecule is CCOC(C)c1ccc(Br)cn1. The summed E-state index contributed by atoms with van der Waals surface area (Å²) < 4.78 is 6.39. The van der Waals surface area contributed by atoms with E-state index in [0.717, 1.165) is 16.8 Å². The van der Waals surface area contributed by atoms with Gasteiger partial charge in [-0.2, -0.15) is 0 Å². The minimum atomic E-state index is 0.0862. The van der Waals surface area contributed by atoms with E-state index in [9.17, 15) is 0 Å². The van der Waals surface area contributed by atoms with Gasteiger partial charge in [0.05, 0.1) is 11.8 Å². The van der Waals surface area contributed by atoms with E-state index in [-0.39, 0.29) is 6.10 Å². The predicted molar refractivity (Wildman–Crippen MR) is 52.0 cm³/mol. The molecule has 0 aliphatic carbocycles. The third-order valence-electron chi connectivity index (χ3n) is 1.58. The van der Waals surface area contributed by atoms with Gasteiger partial charge < -0.3 is 4.74 Å². The molecule has 1 unspecified atom stereocenters. The average Bonchev–Trinajstić information content (AvgIpc) is 2.06. The highest BCUT2D eigenvalue weighted by Crippen LogP contribution is 2.15. The Morgan fingerprint density at radius 1 is 1.58 bits per heavy atom. The molecule has 0 aromatic carbocycles. The summed E-state index contributed by atoms with van der Waals surface area (Å²) in [5.74, 6) is 0. The van der Waals surface area contributed by atoms with Gasteiger partial charge in [0.2, 0.25) is 0 Å². The average molecular weight is 230 g/mol. The van der Waals surface area contributed by atoms with Gasteiger partial charge in [-0.15, -0.1) is 0 Å². The van der Waals surface area contributed by atoms with Crippen molar-refractivity contribution in [3.05, 3.63) is 28.5 Å². The van der Waals surface area contributed by atoms with Gasteiger partial charge in [-0.3, -0.25) is 4.98 Å². The zero-order valence-electron chi connectivity index (χ0n) is 7.25. The smallest absolute Gasteiger partial charge is 0.0966 e. The molecule has 0 radical (unpaired) electrons. The molecule has 1 atom stereocenters. The van der Waals surface area contributed by atoms with Crippen LogP contribution in [0.25, 0.3) is 0 Å². The molecule has 1 aromatic rings. The van der Waals surface area contributed by atoms with Crippen LogP contribution in [0.3, 0.4) is 0 Å². The van der Waals surface area contributed by atoms with Gasteiger partial charge in [0.15, 0.2) is 0 Å². The summed E-state index contributed by atoms with van der Waals surface area (Å²) in [5.41, 5.74) is 0.972. The molecule has 66 valence electrons. The summed E-state index contributed by atoms with van der Waals surface area (Å²) in [7, 11) is 0. The Balaban J connectivity index is 2.68. The highest BCUT2D eigenvalue weighted by atomic mass is 79.9. The Labute approximate surface area is 81.1 Å². The second kappa shape index (κ2) is 4.58. The van der Waals surface area contributed by atoms with E-state index in [1.165, 1.54) is 0 Å². The first kappa shape index (κ1) is 9.68. The van der Waals surface area contributed by atoms with Crippen LogP contribution in [0, 0.1) is 0 Å². The van der Waals surface area contributed by atoms with Gasteiger partial charge in [0, 0.05) is 17.3 Å². The Hall–Kier alpha value is -0.410. The van der Waals surface area contributed by atoms with Crippen molar-refractivity contribution in [3.63, 3.8) is 0 Å². The molecule has 1 heterocycles. The summed E-state index contributed by atoms with van der Waals surface area (Å²) >= 11 is 3.33.